The highest BCUT2D eigenvalue weighted by Crippen LogP contribution is 2.53. The lowest BCUT2D eigenvalue weighted by atomic mass is 10.0. The molecule has 1 heterocycles. The topological polar surface area (TPSA) is 70.9 Å². The van der Waals surface area contributed by atoms with E-state index in [0.29, 0.717) is 17.1 Å². The average Bonchev–Trinajstić information content (AvgIpc) is 2.86. The molecule has 4 aromatic rings. The van der Waals surface area contributed by atoms with Gasteiger partial charge in [-0.05, 0) is 16.8 Å². The van der Waals surface area contributed by atoms with E-state index in [1.807, 2.05) is 91.0 Å². The quantitative estimate of drug-likeness (QED) is 0.199. The van der Waals surface area contributed by atoms with E-state index in [0.717, 1.165) is 21.9 Å². The van der Waals surface area contributed by atoms with E-state index in [1.165, 1.54) is 6.21 Å². The summed E-state index contributed by atoms with van der Waals surface area (Å²) in [6.07, 6.45) is 1.50. The molecular weight excluding hydrogens is 431 g/mol. The molecule has 2 N–H and O–H groups in total. The normalized spacial score (nSPS) is 15.0. The zero-order chi connectivity index (χ0) is 22.7. The zero-order valence-corrected chi connectivity index (χ0v) is 18.5. The number of nitrogens with one attached hydrogen (secondary N) is 1. The Morgan fingerprint density at radius 2 is 1.33 bits per heavy atom. The Morgan fingerprint density at radius 1 is 0.758 bits per heavy atom. The second-order valence-corrected chi connectivity index (χ2v) is 9.74. The second-order valence-electron chi connectivity index (χ2n) is 7.61. The first-order valence-electron chi connectivity index (χ1n) is 10.5. The molecule has 0 radical (unpaired) electrons. The van der Waals surface area contributed by atoms with Crippen molar-refractivity contribution in [3.63, 3.8) is 0 Å². The maximum Gasteiger partial charge on any atom is 0.235 e. The van der Waals surface area contributed by atoms with Crippen LogP contribution in [0.4, 0.5) is 0 Å². The Balaban J connectivity index is 1.52. The summed E-state index contributed by atoms with van der Waals surface area (Å²) in [7, 11) is -3.25. The van der Waals surface area contributed by atoms with Gasteiger partial charge < -0.3 is 9.84 Å². The molecule has 1 aliphatic heterocycles. The minimum Gasteiger partial charge on any atom is -0.507 e. The van der Waals surface area contributed by atoms with Crippen LogP contribution in [0.2, 0.25) is 0 Å². The first kappa shape index (κ1) is 20.8. The third kappa shape index (κ3) is 4.45. The van der Waals surface area contributed by atoms with Gasteiger partial charge in [0.25, 0.3) is 0 Å². The van der Waals surface area contributed by atoms with Gasteiger partial charge in [0.2, 0.25) is 7.29 Å². The van der Waals surface area contributed by atoms with Crippen molar-refractivity contribution in [2.45, 2.75) is 0 Å². The van der Waals surface area contributed by atoms with Gasteiger partial charge in [0.15, 0.2) is 0 Å². The highest BCUT2D eigenvalue weighted by atomic mass is 31.2. The Bertz CT molecular complexity index is 1380. The number of hydrazone groups is 1. The average molecular weight is 452 g/mol. The van der Waals surface area contributed by atoms with Crippen LogP contribution in [-0.2, 0) is 9.30 Å². The first-order chi connectivity index (χ1) is 16.1. The van der Waals surface area contributed by atoms with Crippen LogP contribution >= 0.6 is 7.29 Å². The number of benzene rings is 4. The lowest BCUT2D eigenvalue weighted by molar-refractivity contribution is 0.468. The molecule has 0 atom stereocenters. The summed E-state index contributed by atoms with van der Waals surface area (Å²) in [5, 5.41) is 19.3. The van der Waals surface area contributed by atoms with Gasteiger partial charge in [0.1, 0.15) is 17.3 Å². The van der Waals surface area contributed by atoms with E-state index in [1.54, 1.807) is 17.7 Å². The van der Waals surface area contributed by atoms with Gasteiger partial charge >= 0.3 is 0 Å². The molecule has 1 aliphatic rings. The van der Waals surface area contributed by atoms with Gasteiger partial charge in [-0.1, -0.05) is 91.0 Å². The molecule has 0 bridgehead atoms. The fraction of sp³-hybridized carbons (Fsp3) is 0. The number of rotatable bonds is 5. The number of aromatic hydroxyl groups is 1. The van der Waals surface area contributed by atoms with Crippen LogP contribution in [0.1, 0.15) is 16.7 Å². The van der Waals surface area contributed by atoms with Crippen molar-refractivity contribution in [3.05, 3.63) is 125 Å². The summed E-state index contributed by atoms with van der Waals surface area (Å²) in [5.74, 6) is 4.25. The third-order valence-electron chi connectivity index (χ3n) is 5.31. The summed E-state index contributed by atoms with van der Waals surface area (Å²) < 4.78 is 19.9. The molecule has 0 unspecified atom stereocenters. The van der Waals surface area contributed by atoms with Crippen molar-refractivity contribution < 1.29 is 14.4 Å². The molecule has 0 saturated heterocycles. The summed E-state index contributed by atoms with van der Waals surface area (Å²) in [6.45, 7) is 0. The van der Waals surface area contributed by atoms with Crippen LogP contribution in [0.25, 0.3) is 22.3 Å². The standard InChI is InChI=1S/C27H21N2O3P/c30-25-16-15-20-9-7-8-14-23(20)24(25)17-28-29-33(31)18-26(21-10-3-1-4-11-21)32-27(19-33)22-12-5-2-6-13-22/h1-19,30H,(H,29,31)/b28-17-. The van der Waals surface area contributed by atoms with Crippen molar-refractivity contribution in [2.24, 2.45) is 5.10 Å². The Morgan fingerprint density at radius 3 is 1.97 bits per heavy atom. The molecule has 4 aromatic carbocycles. The molecule has 5 rings (SSSR count). The van der Waals surface area contributed by atoms with Crippen molar-refractivity contribution in [1.29, 1.82) is 0 Å². The lowest BCUT2D eigenvalue weighted by Crippen LogP contribution is -2.06. The largest absolute Gasteiger partial charge is 0.507 e. The van der Waals surface area contributed by atoms with Crippen LogP contribution < -0.4 is 5.20 Å². The number of hydrogen-bond donors (Lipinski definition) is 2. The highest BCUT2D eigenvalue weighted by Gasteiger charge is 2.26. The maximum atomic E-state index is 13.8. The minimum atomic E-state index is -3.25. The van der Waals surface area contributed by atoms with Crippen LogP contribution in [-0.4, -0.2) is 11.3 Å². The number of nitrogens with zero attached hydrogens (tertiary/aromatic N) is 1. The van der Waals surface area contributed by atoms with Crippen LogP contribution in [0.5, 0.6) is 5.75 Å². The summed E-state index contributed by atoms with van der Waals surface area (Å²) >= 11 is 0. The van der Waals surface area contributed by atoms with E-state index in [2.05, 4.69) is 10.3 Å². The number of fused-ring (bicyclic) bond motifs is 1. The molecular formula is C27H21N2O3P. The molecule has 0 amide bonds. The van der Waals surface area contributed by atoms with Gasteiger partial charge in [-0.25, -0.2) is 0 Å². The van der Waals surface area contributed by atoms with Crippen molar-refractivity contribution in [3.8, 4) is 5.75 Å². The highest BCUT2D eigenvalue weighted by molar-refractivity contribution is 7.68. The molecule has 6 heteroatoms. The summed E-state index contributed by atoms with van der Waals surface area (Å²) in [5.41, 5.74) is 2.19. The molecule has 5 nitrogen and oxygen atoms in total. The molecule has 0 aliphatic carbocycles. The molecule has 0 spiro atoms. The van der Waals surface area contributed by atoms with Gasteiger partial charge in [-0.3, -0.25) is 9.76 Å². The van der Waals surface area contributed by atoms with E-state index < -0.39 is 7.29 Å². The van der Waals surface area contributed by atoms with Crippen LogP contribution in [0.3, 0.4) is 0 Å². The van der Waals surface area contributed by atoms with Crippen LogP contribution in [0, 0.1) is 0 Å². The monoisotopic (exact) mass is 452 g/mol. The summed E-state index contributed by atoms with van der Waals surface area (Å²) in [4.78, 5) is 0. The number of phenolic OH excluding ortho intramolecular Hbond substituents is 1. The predicted octanol–water partition coefficient (Wildman–Crippen LogP) is 6.77. The molecule has 0 saturated carbocycles. The zero-order valence-electron chi connectivity index (χ0n) is 17.6. The number of phenols is 1. The van der Waals surface area contributed by atoms with Gasteiger partial charge in [-0.15, -0.1) is 0 Å². The second kappa shape index (κ2) is 8.81. The van der Waals surface area contributed by atoms with Crippen molar-refractivity contribution in [2.75, 3.05) is 0 Å². The van der Waals surface area contributed by atoms with E-state index in [-0.39, 0.29) is 5.75 Å². The Kier molecular flexibility index (Phi) is 5.55. The fourth-order valence-corrected chi connectivity index (χ4v) is 5.22. The SMILES string of the molecule is O=P1(N/N=C\c2c(O)ccc3ccccc23)C=C(c2ccccc2)OC(c2ccccc2)=C1. The lowest BCUT2D eigenvalue weighted by Gasteiger charge is -2.22. The van der Waals surface area contributed by atoms with Crippen molar-refractivity contribution in [1.82, 2.24) is 5.20 Å². The molecule has 162 valence electrons. The number of ether oxygens (including phenoxy) is 1. The number of hydrogen-bond acceptors (Lipinski definition) is 4. The molecule has 0 aromatic heterocycles. The van der Waals surface area contributed by atoms with E-state index in [9.17, 15) is 9.67 Å². The molecule has 33 heavy (non-hydrogen) atoms. The molecule has 0 fully saturated rings. The first-order valence-corrected chi connectivity index (χ1v) is 12.3. The third-order valence-corrected chi connectivity index (χ3v) is 6.97. The van der Waals surface area contributed by atoms with Gasteiger partial charge in [0, 0.05) is 28.3 Å². The van der Waals surface area contributed by atoms with E-state index in [4.69, 9.17) is 4.74 Å². The van der Waals surface area contributed by atoms with Gasteiger partial charge in [-0.2, -0.15) is 5.10 Å². The predicted molar refractivity (Wildman–Crippen MR) is 134 cm³/mol. The maximum absolute atomic E-state index is 13.8. The smallest absolute Gasteiger partial charge is 0.235 e. The van der Waals surface area contributed by atoms with Crippen LogP contribution in [0.15, 0.2) is 114 Å². The Hall–Kier alpha value is -4.08. The fourth-order valence-electron chi connectivity index (χ4n) is 3.69. The minimum absolute atomic E-state index is 0.102. The van der Waals surface area contributed by atoms with Crippen molar-refractivity contribution >= 4 is 35.8 Å². The van der Waals surface area contributed by atoms with Gasteiger partial charge in [0.05, 0.1) is 6.21 Å². The van der Waals surface area contributed by atoms with E-state index >= 15 is 0 Å². The summed E-state index contributed by atoms with van der Waals surface area (Å²) in [6, 6.07) is 30.2. The Labute approximate surface area is 191 Å².